The maximum Gasteiger partial charge on any atom is 0.211 e. The molecule has 0 fully saturated rings. The van der Waals surface area contributed by atoms with Crippen LogP contribution in [-0.2, 0) is 4.79 Å². The fourth-order valence-electron chi connectivity index (χ4n) is 3.28. The summed E-state index contributed by atoms with van der Waals surface area (Å²) in [7, 11) is 0. The third kappa shape index (κ3) is 5.30. The molecule has 0 bridgehead atoms. The molecular weight excluding hydrogens is 382 g/mol. The van der Waals surface area contributed by atoms with Gasteiger partial charge in [0.1, 0.15) is 0 Å². The van der Waals surface area contributed by atoms with E-state index in [1.807, 2.05) is 52.0 Å². The summed E-state index contributed by atoms with van der Waals surface area (Å²) in [6.07, 6.45) is 0.466. The Morgan fingerprint density at radius 3 is 2.29 bits per heavy atom. The summed E-state index contributed by atoms with van der Waals surface area (Å²) >= 11 is 6.12. The number of halogens is 3. The summed E-state index contributed by atoms with van der Waals surface area (Å²) in [5, 5.41) is 6.71. The van der Waals surface area contributed by atoms with Crippen molar-refractivity contribution in [3.8, 4) is 0 Å². The van der Waals surface area contributed by atoms with E-state index in [-0.39, 0.29) is 29.1 Å². The first-order chi connectivity index (χ1) is 13.0. The van der Waals surface area contributed by atoms with Crippen LogP contribution in [0.3, 0.4) is 0 Å². The first-order valence-electron chi connectivity index (χ1n) is 9.25. The molecule has 6 heteroatoms. The minimum atomic E-state index is -0.999. The highest BCUT2D eigenvalue weighted by Crippen LogP contribution is 2.39. The summed E-state index contributed by atoms with van der Waals surface area (Å²) in [5.74, 6) is -1.82. The molecule has 2 rings (SSSR count). The molecule has 0 aliphatic carbocycles. The van der Waals surface area contributed by atoms with Crippen LogP contribution in [0.2, 0.25) is 5.02 Å². The van der Waals surface area contributed by atoms with E-state index in [4.69, 9.17) is 11.6 Å². The van der Waals surface area contributed by atoms with E-state index in [0.717, 1.165) is 17.7 Å². The van der Waals surface area contributed by atoms with Crippen molar-refractivity contribution < 1.29 is 13.6 Å². The number of carbonyl (C=O) groups excluding carboxylic acids is 1. The van der Waals surface area contributed by atoms with Gasteiger partial charge in [-0.25, -0.2) is 8.78 Å². The van der Waals surface area contributed by atoms with Gasteiger partial charge in [0.15, 0.2) is 11.6 Å². The largest absolute Gasteiger partial charge is 0.328 e. The highest BCUT2D eigenvalue weighted by molar-refractivity contribution is 6.30. The fraction of sp³-hybridized carbons (Fsp3) is 0.409. The highest BCUT2D eigenvalue weighted by atomic mass is 35.5. The average molecular weight is 409 g/mol. The smallest absolute Gasteiger partial charge is 0.211 e. The lowest BCUT2D eigenvalue weighted by Gasteiger charge is -2.37. The molecule has 152 valence electrons. The Bertz CT molecular complexity index is 836. The van der Waals surface area contributed by atoms with Gasteiger partial charge in [-0.15, -0.1) is 0 Å². The molecule has 3 atom stereocenters. The van der Waals surface area contributed by atoms with Crippen molar-refractivity contribution in [3.05, 3.63) is 64.2 Å². The second kappa shape index (κ2) is 9.01. The van der Waals surface area contributed by atoms with Crippen LogP contribution in [0.25, 0.3) is 0 Å². The second-order valence-electron chi connectivity index (χ2n) is 8.21. The summed E-state index contributed by atoms with van der Waals surface area (Å²) in [6.45, 7) is 10.1. The van der Waals surface area contributed by atoms with E-state index in [9.17, 15) is 13.6 Å². The van der Waals surface area contributed by atoms with Crippen molar-refractivity contribution in [3.63, 3.8) is 0 Å². The Morgan fingerprint density at radius 2 is 1.71 bits per heavy atom. The third-order valence-electron chi connectivity index (χ3n) is 5.04. The van der Waals surface area contributed by atoms with Crippen molar-refractivity contribution in [1.29, 1.82) is 0 Å². The Labute approximate surface area is 170 Å². The van der Waals surface area contributed by atoms with Crippen molar-refractivity contribution in [2.45, 2.75) is 52.6 Å². The van der Waals surface area contributed by atoms with E-state index < -0.39 is 11.6 Å². The molecule has 0 heterocycles. The molecule has 0 aliphatic heterocycles. The minimum absolute atomic E-state index is 0.000105. The van der Waals surface area contributed by atoms with Crippen LogP contribution in [0, 0.1) is 17.0 Å². The molecular formula is C22H27ClF2N2O. The second-order valence-corrected chi connectivity index (χ2v) is 8.65. The lowest BCUT2D eigenvalue weighted by atomic mass is 9.80. The van der Waals surface area contributed by atoms with Crippen LogP contribution in [0.5, 0.6) is 0 Å². The number of hydrogen-bond donors (Lipinski definition) is 2. The van der Waals surface area contributed by atoms with Gasteiger partial charge in [-0.3, -0.25) is 4.79 Å². The zero-order chi connectivity index (χ0) is 21.1. The highest BCUT2D eigenvalue weighted by Gasteiger charge is 2.31. The molecule has 1 amide bonds. The fourth-order valence-corrected chi connectivity index (χ4v) is 3.48. The Morgan fingerprint density at radius 1 is 1.07 bits per heavy atom. The zero-order valence-corrected chi connectivity index (χ0v) is 17.6. The van der Waals surface area contributed by atoms with E-state index >= 15 is 0 Å². The van der Waals surface area contributed by atoms with Gasteiger partial charge in [-0.2, -0.15) is 0 Å². The molecule has 0 saturated heterocycles. The third-order valence-corrected chi connectivity index (χ3v) is 5.27. The number of hydrogen-bond acceptors (Lipinski definition) is 2. The van der Waals surface area contributed by atoms with Crippen molar-refractivity contribution in [2.24, 2.45) is 5.41 Å². The Kier molecular flexibility index (Phi) is 7.18. The summed E-state index contributed by atoms with van der Waals surface area (Å²) in [5.41, 5.74) is 1.51. The normalized spacial score (nSPS) is 15.0. The Hall–Kier alpha value is -1.98. The average Bonchev–Trinajstić information content (AvgIpc) is 2.61. The van der Waals surface area contributed by atoms with Crippen LogP contribution < -0.4 is 10.6 Å². The molecule has 0 spiro atoms. The SMILES string of the molecule is CC(c1cccc(Cl)c1)[C@H](C)NC(c1cc(F)c(F)cc1NC=O)C(C)(C)C. The van der Waals surface area contributed by atoms with Crippen LogP contribution in [0.15, 0.2) is 36.4 Å². The maximum atomic E-state index is 14.0. The lowest BCUT2D eigenvalue weighted by molar-refractivity contribution is -0.105. The number of anilines is 1. The monoisotopic (exact) mass is 408 g/mol. The number of carbonyl (C=O) groups is 1. The van der Waals surface area contributed by atoms with Crippen molar-refractivity contribution in [2.75, 3.05) is 5.32 Å². The topological polar surface area (TPSA) is 41.1 Å². The van der Waals surface area contributed by atoms with Gasteiger partial charge < -0.3 is 10.6 Å². The van der Waals surface area contributed by atoms with Gasteiger partial charge in [0.25, 0.3) is 0 Å². The quantitative estimate of drug-likeness (QED) is 0.547. The molecule has 0 saturated carbocycles. The molecule has 0 radical (unpaired) electrons. The van der Waals surface area contributed by atoms with E-state index in [1.165, 1.54) is 0 Å². The standard InChI is InChI=1S/C22H27ClF2N2O/c1-13(15-7-6-8-16(23)9-15)14(2)27-21(22(3,4)5)17-10-18(24)19(25)11-20(17)26-12-28/h6-14,21,27H,1-5H3,(H,26,28)/t13?,14-,21?/m0/s1. The molecule has 2 aromatic rings. The summed E-state index contributed by atoms with van der Waals surface area (Å²) < 4.78 is 27.7. The number of nitrogens with one attached hydrogen (secondary N) is 2. The molecule has 3 nitrogen and oxygen atoms in total. The molecule has 0 aromatic heterocycles. The van der Waals surface area contributed by atoms with Gasteiger partial charge >= 0.3 is 0 Å². The number of amides is 1. The first kappa shape index (κ1) is 22.3. The van der Waals surface area contributed by atoms with Gasteiger partial charge in [-0.05, 0) is 47.6 Å². The molecule has 2 N–H and O–H groups in total. The molecule has 0 aliphatic rings. The van der Waals surface area contributed by atoms with E-state index in [0.29, 0.717) is 17.0 Å². The first-order valence-corrected chi connectivity index (χ1v) is 9.63. The van der Waals surface area contributed by atoms with Crippen LogP contribution in [0.1, 0.15) is 57.7 Å². The Balaban J connectivity index is 2.40. The summed E-state index contributed by atoms with van der Waals surface area (Å²) in [4.78, 5) is 11.0. The van der Waals surface area contributed by atoms with Crippen LogP contribution in [-0.4, -0.2) is 12.5 Å². The lowest BCUT2D eigenvalue weighted by Crippen LogP contribution is -2.40. The predicted octanol–water partition coefficient (Wildman–Crippen LogP) is 6.06. The zero-order valence-electron chi connectivity index (χ0n) is 16.8. The minimum Gasteiger partial charge on any atom is -0.328 e. The molecule has 2 unspecified atom stereocenters. The van der Waals surface area contributed by atoms with Crippen molar-refractivity contribution in [1.82, 2.24) is 5.32 Å². The predicted molar refractivity (Wildman–Crippen MR) is 111 cm³/mol. The van der Waals surface area contributed by atoms with Gasteiger partial charge in [-0.1, -0.05) is 51.4 Å². The van der Waals surface area contributed by atoms with E-state index in [1.54, 1.807) is 0 Å². The van der Waals surface area contributed by atoms with E-state index in [2.05, 4.69) is 17.6 Å². The van der Waals surface area contributed by atoms with Crippen molar-refractivity contribution >= 4 is 23.7 Å². The van der Waals surface area contributed by atoms with Gasteiger partial charge in [0.05, 0.1) is 0 Å². The van der Waals surface area contributed by atoms with Gasteiger partial charge in [0, 0.05) is 28.9 Å². The number of benzene rings is 2. The van der Waals surface area contributed by atoms with Gasteiger partial charge in [0.2, 0.25) is 6.41 Å². The van der Waals surface area contributed by atoms with Crippen LogP contribution in [0.4, 0.5) is 14.5 Å². The number of rotatable bonds is 7. The maximum absolute atomic E-state index is 14.0. The molecule has 28 heavy (non-hydrogen) atoms. The summed E-state index contributed by atoms with van der Waals surface area (Å²) in [6, 6.07) is 9.51. The molecule has 2 aromatic carbocycles. The van der Waals surface area contributed by atoms with Crippen LogP contribution >= 0.6 is 11.6 Å².